The third kappa shape index (κ3) is 3.40. The van der Waals surface area contributed by atoms with Crippen LogP contribution in [0, 0.1) is 0 Å². The van der Waals surface area contributed by atoms with E-state index in [0.717, 1.165) is 30.8 Å². The van der Waals surface area contributed by atoms with Crippen LogP contribution in [0.25, 0.3) is 0 Å². The zero-order chi connectivity index (χ0) is 15.8. The second-order valence-electron chi connectivity index (χ2n) is 6.28. The Balaban J connectivity index is 0.00000113. The Kier molecular flexibility index (Phi) is 6.47. The molecule has 0 spiro atoms. The molecule has 2 aliphatic rings. The van der Waals surface area contributed by atoms with Crippen LogP contribution in [-0.4, -0.2) is 30.4 Å². The van der Waals surface area contributed by atoms with E-state index in [-0.39, 0.29) is 42.7 Å². The van der Waals surface area contributed by atoms with Gasteiger partial charge in [-0.05, 0) is 22.3 Å². The lowest BCUT2D eigenvalue weighted by Crippen LogP contribution is -2.53. The first-order valence-electron chi connectivity index (χ1n) is 8.18. The molecule has 6 heteroatoms. The quantitative estimate of drug-likeness (QED) is 0.842. The van der Waals surface area contributed by atoms with Crippen molar-refractivity contribution >= 4 is 30.7 Å². The van der Waals surface area contributed by atoms with Gasteiger partial charge in [-0.25, -0.2) is 0 Å². The predicted octanol–water partition coefficient (Wildman–Crippen LogP) is 2.61. The molecule has 0 aliphatic carbocycles. The van der Waals surface area contributed by atoms with Crippen LogP contribution >= 0.6 is 24.8 Å². The van der Waals surface area contributed by atoms with Gasteiger partial charge in [0, 0.05) is 32.1 Å². The second kappa shape index (κ2) is 8.19. The van der Waals surface area contributed by atoms with E-state index in [4.69, 9.17) is 5.73 Å². The van der Waals surface area contributed by atoms with Crippen LogP contribution in [0.4, 0.5) is 0 Å². The number of fused-ring (bicyclic) bond motifs is 3. The molecule has 2 heterocycles. The average Bonchev–Trinajstić information content (AvgIpc) is 2.61. The van der Waals surface area contributed by atoms with E-state index in [9.17, 15) is 4.79 Å². The number of carbonyl (C=O) groups is 1. The zero-order valence-corrected chi connectivity index (χ0v) is 15.5. The summed E-state index contributed by atoms with van der Waals surface area (Å²) in [6.07, 6.45) is 0. The first kappa shape index (κ1) is 19.7. The predicted molar refractivity (Wildman–Crippen MR) is 104 cm³/mol. The highest BCUT2D eigenvalue weighted by molar-refractivity contribution is 5.86. The lowest BCUT2D eigenvalue weighted by atomic mass is 9.78. The Morgan fingerprint density at radius 1 is 1.08 bits per heavy atom. The molecule has 0 bridgehead atoms. The Hall–Kier alpha value is -1.59. The molecule has 0 radical (unpaired) electrons. The number of amides is 1. The van der Waals surface area contributed by atoms with Crippen LogP contribution in [0.1, 0.15) is 34.2 Å². The van der Waals surface area contributed by atoms with Crippen molar-refractivity contribution in [3.05, 3.63) is 70.8 Å². The fraction of sp³-hybridized carbons (Fsp3) is 0.316. The maximum absolute atomic E-state index is 12.5. The molecule has 1 amide bonds. The Morgan fingerprint density at radius 2 is 1.84 bits per heavy atom. The highest BCUT2D eigenvalue weighted by atomic mass is 35.5. The number of nitrogens with two attached hydrogens (primary N) is 1. The van der Waals surface area contributed by atoms with E-state index in [2.05, 4.69) is 46.6 Å². The first-order valence-corrected chi connectivity index (χ1v) is 8.18. The molecule has 3 N–H and O–H groups in total. The van der Waals surface area contributed by atoms with E-state index in [0.29, 0.717) is 6.54 Å². The minimum atomic E-state index is -0.176. The van der Waals surface area contributed by atoms with Gasteiger partial charge in [0.15, 0.2) is 0 Å². The van der Waals surface area contributed by atoms with Crippen molar-refractivity contribution in [1.29, 1.82) is 0 Å². The van der Waals surface area contributed by atoms with Crippen molar-refractivity contribution in [1.82, 2.24) is 10.2 Å². The van der Waals surface area contributed by atoms with Gasteiger partial charge in [0.1, 0.15) is 6.04 Å². The van der Waals surface area contributed by atoms with Crippen LogP contribution in [0.3, 0.4) is 0 Å². The molecule has 134 valence electrons. The maximum Gasteiger partial charge on any atom is 0.242 e. The summed E-state index contributed by atoms with van der Waals surface area (Å²) in [5.41, 5.74) is 10.8. The van der Waals surface area contributed by atoms with Gasteiger partial charge in [0.05, 0.1) is 0 Å². The summed E-state index contributed by atoms with van der Waals surface area (Å²) < 4.78 is 0. The van der Waals surface area contributed by atoms with Gasteiger partial charge in [0.2, 0.25) is 5.91 Å². The number of piperazine rings is 1. The Bertz CT molecular complexity index is 739. The summed E-state index contributed by atoms with van der Waals surface area (Å²) in [6, 6.07) is 16.6. The van der Waals surface area contributed by atoms with E-state index in [1.54, 1.807) is 0 Å². The molecule has 2 atom stereocenters. The molecule has 0 aromatic heterocycles. The third-order valence-electron chi connectivity index (χ3n) is 5.02. The molecular weight excluding hydrogens is 357 g/mol. The Labute approximate surface area is 160 Å². The zero-order valence-electron chi connectivity index (χ0n) is 13.9. The van der Waals surface area contributed by atoms with Gasteiger partial charge in [-0.3, -0.25) is 9.69 Å². The van der Waals surface area contributed by atoms with E-state index in [1.165, 1.54) is 11.1 Å². The molecule has 1 saturated heterocycles. The van der Waals surface area contributed by atoms with E-state index in [1.807, 2.05) is 12.1 Å². The minimum absolute atomic E-state index is 0. The number of carbonyl (C=O) groups excluding carboxylic acids is 1. The van der Waals surface area contributed by atoms with Crippen LogP contribution in [-0.2, 0) is 11.3 Å². The number of benzene rings is 2. The van der Waals surface area contributed by atoms with E-state index >= 15 is 0 Å². The van der Waals surface area contributed by atoms with Gasteiger partial charge in [-0.15, -0.1) is 24.8 Å². The van der Waals surface area contributed by atoms with E-state index < -0.39 is 0 Å². The monoisotopic (exact) mass is 379 g/mol. The van der Waals surface area contributed by atoms with Gasteiger partial charge in [-0.1, -0.05) is 48.5 Å². The van der Waals surface area contributed by atoms with Crippen LogP contribution in [0.5, 0.6) is 0 Å². The molecule has 1 fully saturated rings. The van der Waals surface area contributed by atoms with Gasteiger partial charge in [0.25, 0.3) is 0 Å². The standard InChI is InChI=1S/C19H21N3O.2ClH/c20-11-14-7-4-8-15-17(14)16(13-5-2-1-3-6-13)12-22-10-9-21-19(23)18(15)22;;/h1-8,16,18H,9-12,20H2,(H,21,23);2*1H/t16-,18+;;/m1../s1. The molecule has 4 nitrogen and oxygen atoms in total. The summed E-state index contributed by atoms with van der Waals surface area (Å²) in [5.74, 6) is 0.381. The minimum Gasteiger partial charge on any atom is -0.353 e. The van der Waals surface area contributed by atoms with Crippen LogP contribution in [0.15, 0.2) is 48.5 Å². The highest BCUT2D eigenvalue weighted by Crippen LogP contribution is 2.41. The number of nitrogens with zero attached hydrogens (tertiary/aromatic N) is 1. The first-order chi connectivity index (χ1) is 11.3. The normalized spacial score (nSPS) is 21.9. The summed E-state index contributed by atoms with van der Waals surface area (Å²) in [7, 11) is 0. The molecule has 2 aromatic rings. The highest BCUT2D eigenvalue weighted by Gasteiger charge is 2.40. The number of hydrogen-bond donors (Lipinski definition) is 2. The molecule has 0 unspecified atom stereocenters. The largest absolute Gasteiger partial charge is 0.353 e. The van der Waals surface area contributed by atoms with Crippen molar-refractivity contribution in [2.75, 3.05) is 19.6 Å². The molecule has 0 saturated carbocycles. The number of halogens is 2. The fourth-order valence-electron chi connectivity index (χ4n) is 4.01. The summed E-state index contributed by atoms with van der Waals surface area (Å²) in [4.78, 5) is 14.8. The summed E-state index contributed by atoms with van der Waals surface area (Å²) >= 11 is 0. The van der Waals surface area contributed by atoms with Gasteiger partial charge >= 0.3 is 0 Å². The van der Waals surface area contributed by atoms with Crippen molar-refractivity contribution < 1.29 is 4.79 Å². The third-order valence-corrected chi connectivity index (χ3v) is 5.02. The summed E-state index contributed by atoms with van der Waals surface area (Å²) in [6.45, 7) is 2.99. The summed E-state index contributed by atoms with van der Waals surface area (Å²) in [5, 5.41) is 3.00. The number of hydrogen-bond acceptors (Lipinski definition) is 3. The fourth-order valence-corrected chi connectivity index (χ4v) is 4.01. The number of nitrogens with one attached hydrogen (secondary N) is 1. The van der Waals surface area contributed by atoms with Gasteiger partial charge < -0.3 is 11.1 Å². The van der Waals surface area contributed by atoms with Crippen LogP contribution in [0.2, 0.25) is 0 Å². The van der Waals surface area contributed by atoms with Crippen molar-refractivity contribution in [3.8, 4) is 0 Å². The average molecular weight is 380 g/mol. The maximum atomic E-state index is 12.5. The topological polar surface area (TPSA) is 58.4 Å². The van der Waals surface area contributed by atoms with Crippen molar-refractivity contribution in [2.45, 2.75) is 18.5 Å². The van der Waals surface area contributed by atoms with Gasteiger partial charge in [-0.2, -0.15) is 0 Å². The second-order valence-corrected chi connectivity index (χ2v) is 6.28. The number of rotatable bonds is 2. The molecule has 4 rings (SSSR count). The lowest BCUT2D eigenvalue weighted by Gasteiger charge is -2.44. The molecular formula is C19H23Cl2N3O. The van der Waals surface area contributed by atoms with Crippen molar-refractivity contribution in [2.24, 2.45) is 5.73 Å². The lowest BCUT2D eigenvalue weighted by molar-refractivity contribution is -0.129. The molecule has 2 aliphatic heterocycles. The SMILES string of the molecule is Cl.Cl.NCc1cccc2c1[C@@H](c1ccccc1)CN1CCNC(=O)[C@H]21. The van der Waals surface area contributed by atoms with Crippen molar-refractivity contribution in [3.63, 3.8) is 0 Å². The molecule has 25 heavy (non-hydrogen) atoms. The van der Waals surface area contributed by atoms with Crippen LogP contribution < -0.4 is 11.1 Å². The Morgan fingerprint density at radius 3 is 2.56 bits per heavy atom. The molecule has 2 aromatic carbocycles. The smallest absolute Gasteiger partial charge is 0.242 e.